The van der Waals surface area contributed by atoms with Crippen LogP contribution in [-0.4, -0.2) is 29.8 Å². The topological polar surface area (TPSA) is 62.6 Å². The molecule has 3 aromatic rings. The van der Waals surface area contributed by atoms with E-state index in [0.717, 1.165) is 12.0 Å². The fourth-order valence-corrected chi connectivity index (χ4v) is 2.94. The summed E-state index contributed by atoms with van der Waals surface area (Å²) in [4.78, 5) is 26.7. The van der Waals surface area contributed by atoms with E-state index in [1.165, 1.54) is 18.1 Å². The molecule has 2 amide bonds. The highest BCUT2D eigenvalue weighted by molar-refractivity contribution is 5.94. The lowest BCUT2D eigenvalue weighted by molar-refractivity contribution is -0.121. The van der Waals surface area contributed by atoms with Gasteiger partial charge in [0, 0.05) is 26.1 Å². The zero-order valence-electron chi connectivity index (χ0n) is 15.7. The first-order chi connectivity index (χ1) is 13.7. The van der Waals surface area contributed by atoms with Crippen LogP contribution in [0.3, 0.4) is 0 Å². The van der Waals surface area contributed by atoms with Gasteiger partial charge < -0.3 is 14.6 Å². The molecule has 0 saturated carbocycles. The first-order valence-electron chi connectivity index (χ1n) is 9.38. The van der Waals surface area contributed by atoms with Gasteiger partial charge in [-0.05, 0) is 23.6 Å². The van der Waals surface area contributed by atoms with Gasteiger partial charge in [-0.25, -0.2) is 0 Å². The predicted molar refractivity (Wildman–Crippen MR) is 108 cm³/mol. The van der Waals surface area contributed by atoms with Crippen molar-refractivity contribution in [2.24, 2.45) is 0 Å². The highest BCUT2D eigenvalue weighted by Gasteiger charge is 2.18. The second-order valence-corrected chi connectivity index (χ2v) is 6.56. The van der Waals surface area contributed by atoms with E-state index in [1.54, 1.807) is 11.0 Å². The number of hydrogen-bond acceptors (Lipinski definition) is 3. The Bertz CT molecular complexity index is 861. The first kappa shape index (κ1) is 19.4. The van der Waals surface area contributed by atoms with Crippen LogP contribution in [0.1, 0.15) is 27.9 Å². The van der Waals surface area contributed by atoms with E-state index in [0.29, 0.717) is 25.2 Å². The normalized spacial score (nSPS) is 10.4. The molecular weight excluding hydrogens is 352 g/mol. The molecule has 0 unspecified atom stereocenters. The maximum absolute atomic E-state index is 12.8. The van der Waals surface area contributed by atoms with Crippen molar-refractivity contribution in [2.45, 2.75) is 19.4 Å². The monoisotopic (exact) mass is 376 g/mol. The van der Waals surface area contributed by atoms with Crippen LogP contribution in [0.15, 0.2) is 83.7 Å². The van der Waals surface area contributed by atoms with Crippen LogP contribution in [0.2, 0.25) is 0 Å². The smallest absolute Gasteiger partial charge is 0.257 e. The van der Waals surface area contributed by atoms with Gasteiger partial charge in [0.15, 0.2) is 0 Å². The minimum atomic E-state index is -0.144. The fourth-order valence-electron chi connectivity index (χ4n) is 2.94. The summed E-state index contributed by atoms with van der Waals surface area (Å²) < 4.78 is 5.03. The van der Waals surface area contributed by atoms with Gasteiger partial charge in [0.1, 0.15) is 6.26 Å². The van der Waals surface area contributed by atoms with E-state index < -0.39 is 0 Å². The summed E-state index contributed by atoms with van der Waals surface area (Å²) in [6.45, 7) is 1.37. The molecule has 1 N–H and O–H groups in total. The molecule has 5 heteroatoms. The Hall–Kier alpha value is -3.34. The SMILES string of the molecule is O=C(CCN(Cc1ccccc1)C(=O)c1ccoc1)NCCc1ccccc1. The number of furan rings is 1. The number of carbonyl (C=O) groups is 2. The fraction of sp³-hybridized carbons (Fsp3) is 0.217. The Morgan fingerprint density at radius 1 is 0.893 bits per heavy atom. The molecular formula is C23H24N2O3. The van der Waals surface area contributed by atoms with Gasteiger partial charge in [0.05, 0.1) is 11.8 Å². The molecule has 28 heavy (non-hydrogen) atoms. The van der Waals surface area contributed by atoms with Crippen molar-refractivity contribution >= 4 is 11.8 Å². The third-order valence-electron chi connectivity index (χ3n) is 4.46. The van der Waals surface area contributed by atoms with Crippen molar-refractivity contribution in [1.82, 2.24) is 10.2 Å². The third-order valence-corrected chi connectivity index (χ3v) is 4.46. The van der Waals surface area contributed by atoms with Crippen molar-refractivity contribution in [2.75, 3.05) is 13.1 Å². The predicted octanol–water partition coefficient (Wildman–Crippen LogP) is 3.67. The number of amides is 2. The van der Waals surface area contributed by atoms with Crippen molar-refractivity contribution in [1.29, 1.82) is 0 Å². The summed E-state index contributed by atoms with van der Waals surface area (Å²) >= 11 is 0. The molecule has 3 rings (SSSR count). The Morgan fingerprint density at radius 3 is 2.21 bits per heavy atom. The standard InChI is InChI=1S/C23H24N2O3/c26-22(24-14-11-19-7-3-1-4-8-19)12-15-25(17-20-9-5-2-6-10-20)23(27)21-13-16-28-18-21/h1-10,13,16,18H,11-12,14-15,17H2,(H,24,26). The summed E-state index contributed by atoms with van der Waals surface area (Å²) in [5, 5.41) is 2.93. The van der Waals surface area contributed by atoms with Gasteiger partial charge in [0.25, 0.3) is 5.91 Å². The van der Waals surface area contributed by atoms with Crippen molar-refractivity contribution < 1.29 is 14.0 Å². The van der Waals surface area contributed by atoms with Crippen molar-refractivity contribution in [3.8, 4) is 0 Å². The molecule has 1 heterocycles. The van der Waals surface area contributed by atoms with E-state index in [2.05, 4.69) is 5.32 Å². The van der Waals surface area contributed by atoms with Crippen LogP contribution in [0.5, 0.6) is 0 Å². The Morgan fingerprint density at radius 2 is 1.57 bits per heavy atom. The zero-order chi connectivity index (χ0) is 19.6. The second kappa shape index (κ2) is 10.1. The number of nitrogens with one attached hydrogen (secondary N) is 1. The zero-order valence-corrected chi connectivity index (χ0v) is 15.7. The number of rotatable bonds is 9. The minimum Gasteiger partial charge on any atom is -0.472 e. The van der Waals surface area contributed by atoms with Gasteiger partial charge in [-0.1, -0.05) is 60.7 Å². The van der Waals surface area contributed by atoms with E-state index in [-0.39, 0.29) is 18.2 Å². The van der Waals surface area contributed by atoms with Crippen LogP contribution in [0, 0.1) is 0 Å². The molecule has 0 spiro atoms. The molecule has 0 aliphatic carbocycles. The minimum absolute atomic E-state index is 0.0611. The molecule has 5 nitrogen and oxygen atoms in total. The molecule has 0 fully saturated rings. The van der Waals surface area contributed by atoms with Gasteiger partial charge in [-0.15, -0.1) is 0 Å². The van der Waals surface area contributed by atoms with Gasteiger partial charge in [-0.3, -0.25) is 9.59 Å². The Kier molecular flexibility index (Phi) is 7.01. The number of carbonyl (C=O) groups excluding carboxylic acids is 2. The van der Waals surface area contributed by atoms with E-state index >= 15 is 0 Å². The molecule has 0 aliphatic rings. The summed E-state index contributed by atoms with van der Waals surface area (Å²) in [6.07, 6.45) is 3.95. The van der Waals surface area contributed by atoms with Gasteiger partial charge in [0.2, 0.25) is 5.91 Å². The molecule has 0 radical (unpaired) electrons. The first-order valence-corrected chi connectivity index (χ1v) is 9.38. The average Bonchev–Trinajstić information content (AvgIpc) is 3.27. The number of benzene rings is 2. The largest absolute Gasteiger partial charge is 0.472 e. The lowest BCUT2D eigenvalue weighted by Gasteiger charge is -2.22. The van der Waals surface area contributed by atoms with Crippen molar-refractivity contribution in [3.63, 3.8) is 0 Å². The molecule has 0 atom stereocenters. The molecule has 2 aromatic carbocycles. The number of nitrogens with zero attached hydrogens (tertiary/aromatic N) is 1. The maximum Gasteiger partial charge on any atom is 0.257 e. The lowest BCUT2D eigenvalue weighted by Crippen LogP contribution is -2.35. The second-order valence-electron chi connectivity index (χ2n) is 6.56. The quantitative estimate of drug-likeness (QED) is 0.620. The summed E-state index contributed by atoms with van der Waals surface area (Å²) in [6, 6.07) is 21.4. The Balaban J connectivity index is 1.53. The lowest BCUT2D eigenvalue weighted by atomic mass is 10.1. The molecule has 0 saturated heterocycles. The third kappa shape index (κ3) is 5.84. The molecule has 1 aromatic heterocycles. The highest BCUT2D eigenvalue weighted by Crippen LogP contribution is 2.11. The molecule has 144 valence electrons. The van der Waals surface area contributed by atoms with Crippen LogP contribution < -0.4 is 5.32 Å². The van der Waals surface area contributed by atoms with E-state index in [4.69, 9.17) is 4.42 Å². The summed E-state index contributed by atoms with van der Waals surface area (Å²) in [7, 11) is 0. The Labute approximate surface area is 165 Å². The van der Waals surface area contributed by atoms with E-state index in [1.807, 2.05) is 60.7 Å². The van der Waals surface area contributed by atoms with Gasteiger partial charge in [-0.2, -0.15) is 0 Å². The van der Waals surface area contributed by atoms with Crippen LogP contribution in [0.25, 0.3) is 0 Å². The molecule has 0 bridgehead atoms. The van der Waals surface area contributed by atoms with Crippen LogP contribution in [0.4, 0.5) is 0 Å². The summed E-state index contributed by atoms with van der Waals surface area (Å²) in [5.41, 5.74) is 2.69. The van der Waals surface area contributed by atoms with E-state index in [9.17, 15) is 9.59 Å². The van der Waals surface area contributed by atoms with Crippen molar-refractivity contribution in [3.05, 3.63) is 95.9 Å². The number of hydrogen-bond donors (Lipinski definition) is 1. The van der Waals surface area contributed by atoms with Crippen LogP contribution in [-0.2, 0) is 17.8 Å². The van der Waals surface area contributed by atoms with Gasteiger partial charge >= 0.3 is 0 Å². The highest BCUT2D eigenvalue weighted by atomic mass is 16.3. The molecule has 0 aliphatic heterocycles. The van der Waals surface area contributed by atoms with Crippen LogP contribution >= 0.6 is 0 Å². The summed E-state index contributed by atoms with van der Waals surface area (Å²) in [5.74, 6) is -0.205. The average molecular weight is 376 g/mol. The maximum atomic E-state index is 12.8.